The summed E-state index contributed by atoms with van der Waals surface area (Å²) >= 11 is 0. The molecule has 0 bridgehead atoms. The van der Waals surface area contributed by atoms with E-state index in [0.29, 0.717) is 12.2 Å². The van der Waals surface area contributed by atoms with Crippen LogP contribution < -0.4 is 15.2 Å². The van der Waals surface area contributed by atoms with Crippen molar-refractivity contribution in [3.63, 3.8) is 0 Å². The van der Waals surface area contributed by atoms with Gasteiger partial charge in [-0.3, -0.25) is 10.1 Å². The number of benzene rings is 1. The molecular formula is C12H19ClN2O4. The van der Waals surface area contributed by atoms with Gasteiger partial charge in [-0.25, -0.2) is 0 Å². The molecule has 0 saturated heterocycles. The van der Waals surface area contributed by atoms with Gasteiger partial charge in [0.25, 0.3) is 0 Å². The Kier molecular flexibility index (Phi) is 7.18. The van der Waals surface area contributed by atoms with Crippen LogP contribution in [0.4, 0.5) is 5.69 Å². The SMILES string of the molecule is CC[C@@H](N)Cc1cc(OC)c([N+](=O)[O-])cc1OC.Cl. The molecule has 0 unspecified atom stereocenters. The molecule has 0 aliphatic heterocycles. The van der Waals surface area contributed by atoms with Crippen molar-refractivity contribution >= 4 is 18.1 Å². The summed E-state index contributed by atoms with van der Waals surface area (Å²) in [4.78, 5) is 10.4. The molecule has 2 N–H and O–H groups in total. The van der Waals surface area contributed by atoms with Crippen LogP contribution in [0.5, 0.6) is 11.5 Å². The van der Waals surface area contributed by atoms with Crippen molar-refractivity contribution in [2.24, 2.45) is 5.73 Å². The van der Waals surface area contributed by atoms with E-state index in [1.54, 1.807) is 6.07 Å². The van der Waals surface area contributed by atoms with Crippen molar-refractivity contribution in [3.05, 3.63) is 27.8 Å². The number of halogens is 1. The van der Waals surface area contributed by atoms with Crippen molar-refractivity contribution in [2.45, 2.75) is 25.8 Å². The van der Waals surface area contributed by atoms with E-state index in [1.807, 2.05) is 6.92 Å². The normalized spacial score (nSPS) is 11.4. The lowest BCUT2D eigenvalue weighted by Crippen LogP contribution is -2.21. The van der Waals surface area contributed by atoms with Gasteiger partial charge in [-0.1, -0.05) is 6.92 Å². The van der Waals surface area contributed by atoms with E-state index >= 15 is 0 Å². The lowest BCUT2D eigenvalue weighted by Gasteiger charge is -2.14. The topological polar surface area (TPSA) is 87.6 Å². The molecule has 0 fully saturated rings. The van der Waals surface area contributed by atoms with Gasteiger partial charge in [0.05, 0.1) is 25.2 Å². The van der Waals surface area contributed by atoms with Crippen molar-refractivity contribution in [1.29, 1.82) is 0 Å². The molecule has 0 amide bonds. The number of nitrogens with zero attached hydrogens (tertiary/aromatic N) is 1. The molecule has 6 nitrogen and oxygen atoms in total. The van der Waals surface area contributed by atoms with E-state index in [2.05, 4.69) is 0 Å². The van der Waals surface area contributed by atoms with E-state index in [4.69, 9.17) is 15.2 Å². The second-order valence-electron chi connectivity index (χ2n) is 3.97. The molecule has 1 rings (SSSR count). The standard InChI is InChI=1S/C12H18N2O4.ClH/c1-4-9(13)5-8-6-12(18-3)10(14(15)16)7-11(8)17-2;/h6-7,9H,4-5,13H2,1-3H3;1H/t9-;/m1./s1. The fourth-order valence-corrected chi connectivity index (χ4v) is 1.67. The summed E-state index contributed by atoms with van der Waals surface area (Å²) in [6.45, 7) is 1.99. The number of methoxy groups -OCH3 is 2. The summed E-state index contributed by atoms with van der Waals surface area (Å²) < 4.78 is 10.2. The number of rotatable bonds is 6. The third-order valence-electron chi connectivity index (χ3n) is 2.79. The highest BCUT2D eigenvalue weighted by molar-refractivity contribution is 5.85. The predicted molar refractivity (Wildman–Crippen MR) is 75.4 cm³/mol. The van der Waals surface area contributed by atoms with E-state index in [-0.39, 0.29) is 29.9 Å². The summed E-state index contributed by atoms with van der Waals surface area (Å²) in [7, 11) is 2.88. The Morgan fingerprint density at radius 1 is 1.32 bits per heavy atom. The average Bonchev–Trinajstić information content (AvgIpc) is 2.37. The number of nitro benzene ring substituents is 1. The Bertz CT molecular complexity index is 440. The Balaban J connectivity index is 0.00000324. The maximum absolute atomic E-state index is 10.9. The van der Waals surface area contributed by atoms with E-state index in [9.17, 15) is 10.1 Å². The van der Waals surface area contributed by atoms with Crippen LogP contribution in [0.25, 0.3) is 0 Å². The van der Waals surface area contributed by atoms with Gasteiger partial charge in [0.2, 0.25) is 0 Å². The molecule has 1 aromatic rings. The fraction of sp³-hybridized carbons (Fsp3) is 0.500. The van der Waals surface area contributed by atoms with Crippen LogP contribution in [0.1, 0.15) is 18.9 Å². The number of hydrogen-bond acceptors (Lipinski definition) is 5. The van der Waals surface area contributed by atoms with Crippen LogP contribution >= 0.6 is 12.4 Å². The smallest absolute Gasteiger partial charge is 0.314 e. The molecule has 1 atom stereocenters. The van der Waals surface area contributed by atoms with Crippen LogP contribution in [0.15, 0.2) is 12.1 Å². The quantitative estimate of drug-likeness (QED) is 0.641. The summed E-state index contributed by atoms with van der Waals surface area (Å²) in [6, 6.07) is 2.98. The van der Waals surface area contributed by atoms with E-state index in [0.717, 1.165) is 12.0 Å². The molecule has 0 spiro atoms. The van der Waals surface area contributed by atoms with E-state index < -0.39 is 4.92 Å². The first-order valence-electron chi connectivity index (χ1n) is 5.68. The molecule has 0 aliphatic rings. The summed E-state index contributed by atoms with van der Waals surface area (Å²) in [5.41, 5.74) is 6.59. The van der Waals surface area contributed by atoms with Gasteiger partial charge in [0, 0.05) is 6.04 Å². The first-order valence-corrected chi connectivity index (χ1v) is 5.68. The van der Waals surface area contributed by atoms with E-state index in [1.165, 1.54) is 20.3 Å². The van der Waals surface area contributed by atoms with Crippen LogP contribution in [0, 0.1) is 10.1 Å². The van der Waals surface area contributed by atoms with Gasteiger partial charge in [-0.05, 0) is 24.5 Å². The van der Waals surface area contributed by atoms with Gasteiger partial charge in [0.15, 0.2) is 5.75 Å². The van der Waals surface area contributed by atoms with Gasteiger partial charge >= 0.3 is 5.69 Å². The summed E-state index contributed by atoms with van der Waals surface area (Å²) in [6.07, 6.45) is 1.41. The van der Waals surface area contributed by atoms with Crippen molar-refractivity contribution in [2.75, 3.05) is 14.2 Å². The molecule has 0 heterocycles. The highest BCUT2D eigenvalue weighted by Gasteiger charge is 2.20. The van der Waals surface area contributed by atoms with Gasteiger partial charge in [-0.2, -0.15) is 0 Å². The van der Waals surface area contributed by atoms with Crippen molar-refractivity contribution in [1.82, 2.24) is 0 Å². The molecule has 0 aromatic heterocycles. The third kappa shape index (κ3) is 4.25. The molecule has 0 aliphatic carbocycles. The van der Waals surface area contributed by atoms with Crippen molar-refractivity contribution < 1.29 is 14.4 Å². The lowest BCUT2D eigenvalue weighted by atomic mass is 10.0. The Morgan fingerprint density at radius 2 is 1.89 bits per heavy atom. The van der Waals surface area contributed by atoms with Crippen LogP contribution in [-0.2, 0) is 6.42 Å². The highest BCUT2D eigenvalue weighted by Crippen LogP contribution is 2.34. The maximum atomic E-state index is 10.9. The number of ether oxygens (including phenoxy) is 2. The monoisotopic (exact) mass is 290 g/mol. The minimum absolute atomic E-state index is 0. The van der Waals surface area contributed by atoms with Crippen LogP contribution in [-0.4, -0.2) is 25.2 Å². The number of hydrogen-bond donors (Lipinski definition) is 1. The molecule has 7 heteroatoms. The zero-order valence-electron chi connectivity index (χ0n) is 11.2. The summed E-state index contributed by atoms with van der Waals surface area (Å²) in [5, 5.41) is 10.9. The first kappa shape index (κ1) is 17.5. The second kappa shape index (κ2) is 7.81. The molecule has 0 radical (unpaired) electrons. The van der Waals surface area contributed by atoms with Gasteiger partial charge in [-0.15, -0.1) is 12.4 Å². The van der Waals surface area contributed by atoms with Crippen LogP contribution in [0.3, 0.4) is 0 Å². The average molecular weight is 291 g/mol. The Hall–Kier alpha value is -1.53. The minimum Gasteiger partial charge on any atom is -0.496 e. The lowest BCUT2D eigenvalue weighted by molar-refractivity contribution is -0.385. The fourth-order valence-electron chi connectivity index (χ4n) is 1.67. The van der Waals surface area contributed by atoms with Gasteiger partial charge in [0.1, 0.15) is 5.75 Å². The Morgan fingerprint density at radius 3 is 2.32 bits per heavy atom. The zero-order chi connectivity index (χ0) is 13.7. The number of nitro groups is 1. The molecule has 19 heavy (non-hydrogen) atoms. The van der Waals surface area contributed by atoms with Crippen LogP contribution in [0.2, 0.25) is 0 Å². The largest absolute Gasteiger partial charge is 0.496 e. The number of nitrogens with two attached hydrogens (primary N) is 1. The highest BCUT2D eigenvalue weighted by atomic mass is 35.5. The maximum Gasteiger partial charge on any atom is 0.314 e. The third-order valence-corrected chi connectivity index (χ3v) is 2.79. The molecular weight excluding hydrogens is 272 g/mol. The molecule has 108 valence electrons. The minimum atomic E-state index is -0.495. The van der Waals surface area contributed by atoms with Gasteiger partial charge < -0.3 is 15.2 Å². The zero-order valence-corrected chi connectivity index (χ0v) is 12.0. The Labute approximate surface area is 118 Å². The first-order chi connectivity index (χ1) is 8.53. The second-order valence-corrected chi connectivity index (χ2v) is 3.97. The molecule has 1 aromatic carbocycles. The molecule has 0 saturated carbocycles. The van der Waals surface area contributed by atoms with Crippen molar-refractivity contribution in [3.8, 4) is 11.5 Å². The summed E-state index contributed by atoms with van der Waals surface area (Å²) in [5.74, 6) is 0.686. The predicted octanol–water partition coefficient (Wildman–Crippen LogP) is 2.31.